The average molecular weight is 481 g/mol. The molecule has 0 radical (unpaired) electrons. The second kappa shape index (κ2) is 11.9. The molecule has 0 spiro atoms. The molecule has 0 aliphatic carbocycles. The maximum atomic E-state index is 10.6. The molecule has 1 heterocycles. The van der Waals surface area contributed by atoms with Crippen LogP contribution in [0, 0.1) is 0 Å². The number of aliphatic hydroxyl groups is 1. The van der Waals surface area contributed by atoms with E-state index in [0.717, 1.165) is 34.6 Å². The summed E-state index contributed by atoms with van der Waals surface area (Å²) in [6, 6.07) is 36.5. The van der Waals surface area contributed by atoms with Gasteiger partial charge in [0.2, 0.25) is 0 Å². The number of benzene rings is 4. The molecule has 4 nitrogen and oxygen atoms in total. The third kappa shape index (κ3) is 6.75. The molecule has 4 aromatic carbocycles. The van der Waals surface area contributed by atoms with E-state index in [1.54, 1.807) is 0 Å². The van der Waals surface area contributed by atoms with Gasteiger partial charge in [-0.05, 0) is 59.4 Å². The highest BCUT2D eigenvalue weighted by atomic mass is 16.5. The Labute approximate surface area is 213 Å². The molecule has 1 saturated heterocycles. The van der Waals surface area contributed by atoms with Crippen LogP contribution in [0.5, 0.6) is 11.5 Å². The Kier molecular flexibility index (Phi) is 7.96. The first kappa shape index (κ1) is 24.1. The Morgan fingerprint density at radius 3 is 1.69 bits per heavy atom. The molecule has 0 aromatic heterocycles. The molecular weight excluding hydrogens is 448 g/mol. The molecule has 4 heteroatoms. The largest absolute Gasteiger partial charge is 0.489 e. The smallest absolute Gasteiger partial charge is 0.119 e. The Hall–Kier alpha value is -3.60. The minimum atomic E-state index is -0.378. The van der Waals surface area contributed by atoms with E-state index in [4.69, 9.17) is 14.2 Å². The molecule has 3 atom stereocenters. The fourth-order valence-corrected chi connectivity index (χ4v) is 4.58. The monoisotopic (exact) mass is 480 g/mol. The van der Waals surface area contributed by atoms with Gasteiger partial charge in [0.05, 0.1) is 18.3 Å². The van der Waals surface area contributed by atoms with Gasteiger partial charge in [0.1, 0.15) is 24.7 Å². The maximum Gasteiger partial charge on any atom is 0.119 e. The highest BCUT2D eigenvalue weighted by Gasteiger charge is 2.29. The predicted molar refractivity (Wildman–Crippen MR) is 141 cm³/mol. The topological polar surface area (TPSA) is 47.9 Å². The van der Waals surface area contributed by atoms with Gasteiger partial charge in [-0.3, -0.25) is 0 Å². The van der Waals surface area contributed by atoms with Crippen LogP contribution in [0.15, 0.2) is 109 Å². The highest BCUT2D eigenvalue weighted by Crippen LogP contribution is 2.34. The van der Waals surface area contributed by atoms with Crippen LogP contribution in [0.2, 0.25) is 0 Å². The molecule has 1 N–H and O–H groups in total. The van der Waals surface area contributed by atoms with Gasteiger partial charge in [-0.2, -0.15) is 0 Å². The fourth-order valence-electron chi connectivity index (χ4n) is 4.58. The molecular formula is C32H32O4. The van der Waals surface area contributed by atoms with E-state index in [-0.39, 0.29) is 18.3 Å². The minimum Gasteiger partial charge on any atom is -0.489 e. The van der Waals surface area contributed by atoms with E-state index in [1.807, 2.05) is 72.8 Å². The van der Waals surface area contributed by atoms with Crippen molar-refractivity contribution < 1.29 is 19.3 Å². The van der Waals surface area contributed by atoms with Crippen molar-refractivity contribution in [3.63, 3.8) is 0 Å². The second-order valence-corrected chi connectivity index (χ2v) is 9.34. The molecule has 0 saturated carbocycles. The molecule has 5 rings (SSSR count). The minimum absolute atomic E-state index is 0.0381. The summed E-state index contributed by atoms with van der Waals surface area (Å²) in [7, 11) is 0. The van der Waals surface area contributed by atoms with Crippen LogP contribution in [0.3, 0.4) is 0 Å². The van der Waals surface area contributed by atoms with Gasteiger partial charge >= 0.3 is 0 Å². The maximum absolute atomic E-state index is 10.6. The molecule has 0 unspecified atom stereocenters. The van der Waals surface area contributed by atoms with Gasteiger partial charge in [0, 0.05) is 6.42 Å². The zero-order chi connectivity index (χ0) is 24.6. The Balaban J connectivity index is 1.14. The van der Waals surface area contributed by atoms with Crippen molar-refractivity contribution in [3.05, 3.63) is 131 Å². The van der Waals surface area contributed by atoms with Crippen molar-refractivity contribution in [1.29, 1.82) is 0 Å². The molecule has 1 aliphatic rings. The van der Waals surface area contributed by atoms with Gasteiger partial charge in [-0.15, -0.1) is 0 Å². The van der Waals surface area contributed by atoms with E-state index in [1.165, 1.54) is 5.56 Å². The summed E-state index contributed by atoms with van der Waals surface area (Å²) < 4.78 is 18.2. The van der Waals surface area contributed by atoms with Crippen LogP contribution in [0.1, 0.15) is 41.2 Å². The summed E-state index contributed by atoms with van der Waals surface area (Å²) in [5.41, 5.74) is 4.52. The SMILES string of the molecule is O[C@H]1C[C@H](Cc2ccc(OCc3ccccc3)cc2)O[C@H](c2ccc(OCc3ccccc3)cc2)C1. The lowest BCUT2D eigenvalue weighted by Crippen LogP contribution is -2.32. The first-order chi connectivity index (χ1) is 17.7. The zero-order valence-electron chi connectivity index (χ0n) is 20.3. The van der Waals surface area contributed by atoms with Crippen LogP contribution in [0.4, 0.5) is 0 Å². The number of aliphatic hydroxyl groups excluding tert-OH is 1. The second-order valence-electron chi connectivity index (χ2n) is 9.34. The lowest BCUT2D eigenvalue weighted by atomic mass is 9.93. The number of hydrogen-bond donors (Lipinski definition) is 1. The van der Waals surface area contributed by atoms with Crippen molar-refractivity contribution in [2.24, 2.45) is 0 Å². The molecule has 1 aliphatic heterocycles. The van der Waals surface area contributed by atoms with Crippen LogP contribution >= 0.6 is 0 Å². The van der Waals surface area contributed by atoms with E-state index in [0.29, 0.717) is 26.1 Å². The molecule has 0 amide bonds. The summed E-state index contributed by atoms with van der Waals surface area (Å²) >= 11 is 0. The molecule has 36 heavy (non-hydrogen) atoms. The van der Waals surface area contributed by atoms with Crippen molar-refractivity contribution in [2.75, 3.05) is 0 Å². The first-order valence-electron chi connectivity index (χ1n) is 12.6. The number of hydrogen-bond acceptors (Lipinski definition) is 4. The quantitative estimate of drug-likeness (QED) is 0.291. The van der Waals surface area contributed by atoms with Crippen molar-refractivity contribution in [1.82, 2.24) is 0 Å². The average Bonchev–Trinajstić information content (AvgIpc) is 2.93. The van der Waals surface area contributed by atoms with E-state index < -0.39 is 0 Å². The lowest BCUT2D eigenvalue weighted by molar-refractivity contribution is -0.0967. The van der Waals surface area contributed by atoms with Gasteiger partial charge in [0.15, 0.2) is 0 Å². The molecule has 0 bridgehead atoms. The molecule has 4 aromatic rings. The van der Waals surface area contributed by atoms with Crippen LogP contribution in [-0.2, 0) is 24.4 Å². The summed E-state index contributed by atoms with van der Waals surface area (Å²) in [6.07, 6.45) is 1.45. The molecule has 1 fully saturated rings. The van der Waals surface area contributed by atoms with Crippen LogP contribution in [0.25, 0.3) is 0 Å². The summed E-state index contributed by atoms with van der Waals surface area (Å²) in [5, 5.41) is 10.6. The van der Waals surface area contributed by atoms with Gasteiger partial charge in [-0.1, -0.05) is 84.9 Å². The third-order valence-corrected chi connectivity index (χ3v) is 6.51. The Bertz CT molecular complexity index is 1190. The fraction of sp³-hybridized carbons (Fsp3) is 0.250. The van der Waals surface area contributed by atoms with Crippen molar-refractivity contribution >= 4 is 0 Å². The highest BCUT2D eigenvalue weighted by molar-refractivity contribution is 5.30. The molecule has 184 valence electrons. The Morgan fingerprint density at radius 2 is 1.14 bits per heavy atom. The summed E-state index contributed by atoms with van der Waals surface area (Å²) in [4.78, 5) is 0. The number of rotatable bonds is 9. The predicted octanol–water partition coefficient (Wildman–Crippen LogP) is 6.67. The normalized spacial score (nSPS) is 19.5. The van der Waals surface area contributed by atoms with Gasteiger partial charge < -0.3 is 19.3 Å². The van der Waals surface area contributed by atoms with Gasteiger partial charge in [0.25, 0.3) is 0 Å². The summed E-state index contributed by atoms with van der Waals surface area (Å²) in [6.45, 7) is 1.09. The van der Waals surface area contributed by atoms with Crippen molar-refractivity contribution in [3.8, 4) is 11.5 Å². The van der Waals surface area contributed by atoms with Crippen LogP contribution in [-0.4, -0.2) is 17.3 Å². The summed E-state index contributed by atoms with van der Waals surface area (Å²) in [5.74, 6) is 1.67. The Morgan fingerprint density at radius 1 is 0.611 bits per heavy atom. The van der Waals surface area contributed by atoms with Crippen LogP contribution < -0.4 is 9.47 Å². The lowest BCUT2D eigenvalue weighted by Gasteiger charge is -2.33. The van der Waals surface area contributed by atoms with Gasteiger partial charge in [-0.25, -0.2) is 0 Å². The third-order valence-electron chi connectivity index (χ3n) is 6.51. The first-order valence-corrected chi connectivity index (χ1v) is 12.6. The van der Waals surface area contributed by atoms with E-state index >= 15 is 0 Å². The number of ether oxygens (including phenoxy) is 3. The zero-order valence-corrected chi connectivity index (χ0v) is 20.3. The van der Waals surface area contributed by atoms with E-state index in [9.17, 15) is 5.11 Å². The standard InChI is InChI=1S/C32H32O4/c33-28-20-31(19-24-11-15-29(16-12-24)34-22-25-7-3-1-4-8-25)36-32(21-28)27-13-17-30(18-14-27)35-23-26-9-5-2-6-10-26/h1-18,28,31-33H,19-23H2/t28-,31-,32-/m0/s1. The van der Waals surface area contributed by atoms with E-state index in [2.05, 4.69) is 36.4 Å². The van der Waals surface area contributed by atoms with Crippen molar-refractivity contribution in [2.45, 2.75) is 50.8 Å².